The zero-order chi connectivity index (χ0) is 16.2. The molecule has 0 aliphatic heterocycles. The normalized spacial score (nSPS) is 10.7. The van der Waals surface area contributed by atoms with Crippen molar-refractivity contribution in [2.45, 2.75) is 13.3 Å². The average molecular weight is 308 g/mol. The van der Waals surface area contributed by atoms with E-state index >= 15 is 0 Å². The first-order chi connectivity index (χ1) is 11.2. The molecule has 0 aliphatic carbocycles. The van der Waals surface area contributed by atoms with Crippen LogP contribution in [0.2, 0.25) is 0 Å². The number of ketones is 1. The molecular formula is C18H16N2O3. The van der Waals surface area contributed by atoms with E-state index in [9.17, 15) is 10.0 Å². The zero-order valence-electron chi connectivity index (χ0n) is 12.7. The van der Waals surface area contributed by atoms with Crippen molar-refractivity contribution in [2.24, 2.45) is 0 Å². The van der Waals surface area contributed by atoms with Crippen molar-refractivity contribution >= 4 is 16.8 Å². The Labute approximate surface area is 133 Å². The third-order valence-corrected chi connectivity index (χ3v) is 3.52. The van der Waals surface area contributed by atoms with Crippen LogP contribution >= 0.6 is 0 Å². The van der Waals surface area contributed by atoms with Gasteiger partial charge in [0.15, 0.2) is 5.78 Å². The van der Waals surface area contributed by atoms with Crippen molar-refractivity contribution in [2.75, 3.05) is 6.61 Å². The summed E-state index contributed by atoms with van der Waals surface area (Å²) in [7, 11) is 0. The number of hydrogen-bond donors (Lipinski definition) is 0. The highest BCUT2D eigenvalue weighted by molar-refractivity contribution is 5.97. The van der Waals surface area contributed by atoms with E-state index in [1.165, 1.54) is 0 Å². The largest absolute Gasteiger partial charge is 0.618 e. The lowest BCUT2D eigenvalue weighted by Gasteiger charge is -2.11. The van der Waals surface area contributed by atoms with Crippen LogP contribution in [-0.4, -0.2) is 17.4 Å². The van der Waals surface area contributed by atoms with Gasteiger partial charge in [0.1, 0.15) is 11.9 Å². The molecule has 3 rings (SSSR count). The van der Waals surface area contributed by atoms with Crippen LogP contribution in [0.15, 0.2) is 54.6 Å². The van der Waals surface area contributed by atoms with E-state index in [0.717, 1.165) is 4.73 Å². The Kier molecular flexibility index (Phi) is 4.19. The molecule has 0 bridgehead atoms. The van der Waals surface area contributed by atoms with Gasteiger partial charge in [0, 0.05) is 11.6 Å². The maximum Gasteiger partial charge on any atom is 0.285 e. The monoisotopic (exact) mass is 308 g/mol. The summed E-state index contributed by atoms with van der Waals surface area (Å²) in [4.78, 5) is 16.8. The van der Waals surface area contributed by atoms with Crippen molar-refractivity contribution in [1.82, 2.24) is 4.98 Å². The van der Waals surface area contributed by atoms with Gasteiger partial charge in [-0.25, -0.2) is 4.98 Å². The number of Topliss-reactive ketones (excluding diaryl/α,β-unsaturated/α-hetero) is 1. The molecule has 0 aliphatic rings. The van der Waals surface area contributed by atoms with Gasteiger partial charge in [-0.05, 0) is 13.0 Å². The molecule has 3 aromatic rings. The van der Waals surface area contributed by atoms with E-state index in [0.29, 0.717) is 23.2 Å². The summed E-state index contributed by atoms with van der Waals surface area (Å²) in [6, 6.07) is 15.9. The van der Waals surface area contributed by atoms with Gasteiger partial charge >= 0.3 is 0 Å². The lowest BCUT2D eigenvalue weighted by Crippen LogP contribution is -2.35. The number of nitrogens with zero attached hydrogens (tertiary/aromatic N) is 2. The maximum atomic E-state index is 12.6. The summed E-state index contributed by atoms with van der Waals surface area (Å²) in [5.74, 6) is 0.0683. The van der Waals surface area contributed by atoms with Gasteiger partial charge in [-0.3, -0.25) is 4.79 Å². The maximum absolute atomic E-state index is 12.6. The van der Waals surface area contributed by atoms with E-state index < -0.39 is 0 Å². The zero-order valence-corrected chi connectivity index (χ0v) is 12.7. The molecule has 0 radical (unpaired) electrons. The van der Waals surface area contributed by atoms with Gasteiger partial charge in [0.05, 0.1) is 6.61 Å². The molecule has 0 fully saturated rings. The van der Waals surface area contributed by atoms with Gasteiger partial charge in [-0.1, -0.05) is 42.5 Å². The first-order valence-electron chi connectivity index (χ1n) is 7.43. The van der Waals surface area contributed by atoms with Crippen molar-refractivity contribution in [3.8, 4) is 5.88 Å². The first-order valence-corrected chi connectivity index (χ1v) is 7.43. The minimum absolute atomic E-state index is 0.0549. The van der Waals surface area contributed by atoms with Crippen molar-refractivity contribution in [1.29, 1.82) is 0 Å². The number of carbonyl (C=O) groups is 1. The second-order valence-corrected chi connectivity index (χ2v) is 5.05. The molecule has 0 N–H and O–H groups in total. The van der Waals surface area contributed by atoms with E-state index in [-0.39, 0.29) is 23.8 Å². The van der Waals surface area contributed by atoms with Gasteiger partial charge in [0.25, 0.3) is 11.6 Å². The van der Waals surface area contributed by atoms with Gasteiger partial charge in [-0.15, -0.1) is 0 Å². The molecule has 2 aromatic carbocycles. The van der Waals surface area contributed by atoms with E-state index in [1.807, 2.05) is 13.0 Å². The highest BCUT2D eigenvalue weighted by atomic mass is 16.5. The summed E-state index contributed by atoms with van der Waals surface area (Å²) in [5.41, 5.74) is 1.76. The highest BCUT2D eigenvalue weighted by Crippen LogP contribution is 2.19. The highest BCUT2D eigenvalue weighted by Gasteiger charge is 2.23. The molecule has 0 saturated carbocycles. The van der Waals surface area contributed by atoms with E-state index in [4.69, 9.17) is 4.74 Å². The van der Waals surface area contributed by atoms with Gasteiger partial charge in [-0.2, -0.15) is 4.73 Å². The third-order valence-electron chi connectivity index (χ3n) is 3.52. The molecule has 1 aromatic heterocycles. The Morgan fingerprint density at radius 2 is 1.83 bits per heavy atom. The average Bonchev–Trinajstić information content (AvgIpc) is 2.59. The number of para-hydroxylation sites is 2. The minimum atomic E-state index is -0.145. The fraction of sp³-hybridized carbons (Fsp3) is 0.167. The van der Waals surface area contributed by atoms with Crippen molar-refractivity contribution in [3.05, 3.63) is 71.1 Å². The fourth-order valence-electron chi connectivity index (χ4n) is 2.41. The van der Waals surface area contributed by atoms with Gasteiger partial charge < -0.3 is 9.94 Å². The quantitative estimate of drug-likeness (QED) is 0.413. The number of carbonyl (C=O) groups excluding carboxylic acids is 1. The van der Waals surface area contributed by atoms with Crippen LogP contribution in [0, 0.1) is 5.21 Å². The summed E-state index contributed by atoms with van der Waals surface area (Å²) in [5, 5.41) is 12.6. The van der Waals surface area contributed by atoms with Crippen LogP contribution in [-0.2, 0) is 6.42 Å². The van der Waals surface area contributed by atoms with Crippen molar-refractivity contribution < 1.29 is 14.3 Å². The minimum Gasteiger partial charge on any atom is -0.618 e. The fourth-order valence-corrected chi connectivity index (χ4v) is 2.41. The molecule has 0 atom stereocenters. The number of ether oxygens (including phenoxy) is 1. The molecular weight excluding hydrogens is 292 g/mol. The Balaban J connectivity index is 2.06. The summed E-state index contributed by atoms with van der Waals surface area (Å²) >= 11 is 0. The second kappa shape index (κ2) is 6.44. The van der Waals surface area contributed by atoms with E-state index in [2.05, 4.69) is 4.98 Å². The molecule has 0 amide bonds. The number of fused-ring (bicyclic) bond motifs is 1. The van der Waals surface area contributed by atoms with Crippen LogP contribution in [0.5, 0.6) is 5.88 Å². The molecule has 23 heavy (non-hydrogen) atoms. The first kappa shape index (κ1) is 15.0. The van der Waals surface area contributed by atoms with Crippen molar-refractivity contribution in [3.63, 3.8) is 0 Å². The number of benzene rings is 2. The Bertz CT molecular complexity index is 848. The number of aromatic nitrogens is 2. The second-order valence-electron chi connectivity index (χ2n) is 5.05. The predicted molar refractivity (Wildman–Crippen MR) is 86.3 cm³/mol. The number of rotatable bonds is 5. The van der Waals surface area contributed by atoms with Crippen LogP contribution in [0.3, 0.4) is 0 Å². The molecule has 0 spiro atoms. The Hall–Kier alpha value is -2.95. The van der Waals surface area contributed by atoms with Gasteiger partial charge in [0.2, 0.25) is 5.52 Å². The smallest absolute Gasteiger partial charge is 0.285 e. The molecule has 116 valence electrons. The molecule has 5 heteroatoms. The van der Waals surface area contributed by atoms with Crippen LogP contribution in [0.4, 0.5) is 0 Å². The molecule has 0 saturated heterocycles. The standard InChI is InChI=1S/C18H16N2O3/c1-2-23-18-16(12-17(21)13-8-4-3-5-9-13)20(22)15-11-7-6-10-14(15)19-18/h3-11H,2,12H2,1H3. The number of hydrogen-bond acceptors (Lipinski definition) is 4. The predicted octanol–water partition coefficient (Wildman–Crippen LogP) is 2.69. The molecule has 5 nitrogen and oxygen atoms in total. The molecule has 1 heterocycles. The summed E-state index contributed by atoms with van der Waals surface area (Å²) < 4.78 is 6.22. The Morgan fingerprint density at radius 1 is 1.13 bits per heavy atom. The van der Waals surface area contributed by atoms with Crippen LogP contribution in [0.25, 0.3) is 11.0 Å². The summed E-state index contributed by atoms with van der Waals surface area (Å²) in [6.45, 7) is 2.19. The Morgan fingerprint density at radius 3 is 2.57 bits per heavy atom. The van der Waals surface area contributed by atoms with Crippen LogP contribution < -0.4 is 9.47 Å². The summed E-state index contributed by atoms with van der Waals surface area (Å²) in [6.07, 6.45) is -0.0549. The third kappa shape index (κ3) is 2.99. The molecule has 0 unspecified atom stereocenters. The lowest BCUT2D eigenvalue weighted by atomic mass is 10.1. The topological polar surface area (TPSA) is 66.1 Å². The lowest BCUT2D eigenvalue weighted by molar-refractivity contribution is -0.586. The van der Waals surface area contributed by atoms with E-state index in [1.54, 1.807) is 48.5 Å². The SMILES string of the molecule is CCOc1nc2ccccc2[n+]([O-])c1CC(=O)c1ccccc1. The van der Waals surface area contributed by atoms with Crippen LogP contribution in [0.1, 0.15) is 23.0 Å².